The molecule has 0 spiro atoms. The zero-order chi connectivity index (χ0) is 30.8. The van der Waals surface area contributed by atoms with E-state index in [9.17, 15) is 24.6 Å². The number of hydrogen-bond acceptors (Lipinski definition) is 7. The Bertz CT molecular complexity index is 1640. The Labute approximate surface area is 259 Å². The third-order valence-electron chi connectivity index (χ3n) is 8.11. The van der Waals surface area contributed by atoms with Gasteiger partial charge >= 0.3 is 5.97 Å². The lowest BCUT2D eigenvalue weighted by Gasteiger charge is -2.41. The molecule has 2 aliphatic rings. The van der Waals surface area contributed by atoms with Crippen LogP contribution in [-0.4, -0.2) is 44.8 Å². The van der Waals surface area contributed by atoms with E-state index < -0.39 is 12.3 Å². The zero-order valence-corrected chi connectivity index (χ0v) is 24.8. The van der Waals surface area contributed by atoms with Crippen LogP contribution in [0, 0.1) is 5.92 Å². The highest BCUT2D eigenvalue weighted by Gasteiger charge is 2.39. The van der Waals surface area contributed by atoms with Gasteiger partial charge in [-0.15, -0.1) is 11.8 Å². The number of carboxylic acid groups (broad SMARTS) is 1. The van der Waals surface area contributed by atoms with Crippen LogP contribution in [0.5, 0.6) is 0 Å². The van der Waals surface area contributed by atoms with Crippen molar-refractivity contribution in [1.29, 1.82) is 0 Å². The van der Waals surface area contributed by atoms with Crippen molar-refractivity contribution in [1.82, 2.24) is 4.90 Å². The summed E-state index contributed by atoms with van der Waals surface area (Å²) < 4.78 is 13.1. The Morgan fingerprint density at radius 3 is 1.98 bits per heavy atom. The summed E-state index contributed by atoms with van der Waals surface area (Å²) in [6.45, 7) is 2.21. The van der Waals surface area contributed by atoms with Crippen molar-refractivity contribution in [2.24, 2.45) is 5.92 Å². The van der Waals surface area contributed by atoms with Gasteiger partial charge in [0, 0.05) is 22.1 Å². The molecule has 0 bridgehead atoms. The highest BCUT2D eigenvalue weighted by Crippen LogP contribution is 2.43. The van der Waals surface area contributed by atoms with Gasteiger partial charge in [0.1, 0.15) is 0 Å². The highest BCUT2D eigenvalue weighted by atomic mass is 32.2. The summed E-state index contributed by atoms with van der Waals surface area (Å²) in [4.78, 5) is 39.1. The van der Waals surface area contributed by atoms with E-state index in [2.05, 4.69) is 6.92 Å². The van der Waals surface area contributed by atoms with Crippen molar-refractivity contribution < 1.29 is 34.1 Å². The molecular weight excluding hydrogens is 578 g/mol. The molecule has 1 saturated heterocycles. The van der Waals surface area contributed by atoms with Gasteiger partial charge < -0.3 is 19.7 Å². The molecule has 4 aromatic rings. The number of carbonyl (C=O) groups is 3. The van der Waals surface area contributed by atoms with Crippen LogP contribution in [0.4, 0.5) is 0 Å². The van der Waals surface area contributed by atoms with Crippen molar-refractivity contribution >= 4 is 29.5 Å². The Morgan fingerprint density at radius 2 is 1.39 bits per heavy atom. The van der Waals surface area contributed by atoms with Gasteiger partial charge in [0.05, 0.1) is 42.0 Å². The molecule has 224 valence electrons. The summed E-state index contributed by atoms with van der Waals surface area (Å²) >= 11 is 1.59. The topological polar surface area (TPSA) is 113 Å². The smallest absolute Gasteiger partial charge is 0.335 e. The molecule has 6 rings (SSSR count). The average molecular weight is 610 g/mol. The summed E-state index contributed by atoms with van der Waals surface area (Å²) in [5.74, 6) is -0.942. The normalized spacial score (nSPS) is 21.4. The first-order chi connectivity index (χ1) is 21.3. The number of thioether (sulfide) groups is 1. The SMILES string of the molecule is C[C@@H]1[C@H](CSc2ccc(C(=O)O)cc2)O[C@H](c2ccc(CN3C(=O)c4ccccc4C3=O)cc2)O[C@@H]1c1ccc(CO)cc1. The first-order valence-electron chi connectivity index (χ1n) is 14.3. The van der Waals surface area contributed by atoms with Gasteiger partial charge in [-0.3, -0.25) is 14.5 Å². The van der Waals surface area contributed by atoms with Crippen molar-refractivity contribution in [3.63, 3.8) is 0 Å². The van der Waals surface area contributed by atoms with Gasteiger partial charge in [-0.1, -0.05) is 67.6 Å². The van der Waals surface area contributed by atoms with Crippen molar-refractivity contribution in [3.05, 3.63) is 136 Å². The second kappa shape index (κ2) is 12.8. The molecule has 1 fully saturated rings. The van der Waals surface area contributed by atoms with E-state index in [-0.39, 0.29) is 48.7 Å². The summed E-state index contributed by atoms with van der Waals surface area (Å²) in [6, 6.07) is 28.9. The van der Waals surface area contributed by atoms with Gasteiger partial charge in [0.2, 0.25) is 0 Å². The lowest BCUT2D eigenvalue weighted by Crippen LogP contribution is -2.38. The Hall–Kier alpha value is -4.28. The zero-order valence-electron chi connectivity index (χ0n) is 24.0. The van der Waals surface area contributed by atoms with Crippen LogP contribution in [0.2, 0.25) is 0 Å². The highest BCUT2D eigenvalue weighted by molar-refractivity contribution is 7.99. The number of rotatable bonds is 9. The van der Waals surface area contributed by atoms with E-state index in [4.69, 9.17) is 9.47 Å². The fraction of sp³-hybridized carbons (Fsp3) is 0.229. The molecule has 0 unspecified atom stereocenters. The maximum absolute atomic E-state index is 12.8. The summed E-state index contributed by atoms with van der Waals surface area (Å²) in [5, 5.41) is 18.7. The van der Waals surface area contributed by atoms with Crippen LogP contribution in [0.25, 0.3) is 0 Å². The van der Waals surface area contributed by atoms with Crippen LogP contribution in [0.1, 0.15) is 72.6 Å². The van der Waals surface area contributed by atoms with E-state index >= 15 is 0 Å². The lowest BCUT2D eigenvalue weighted by molar-refractivity contribution is -0.268. The quantitative estimate of drug-likeness (QED) is 0.169. The number of nitrogens with zero attached hydrogens (tertiary/aromatic N) is 1. The molecule has 0 aromatic heterocycles. The molecule has 0 saturated carbocycles. The fourth-order valence-electron chi connectivity index (χ4n) is 5.53. The van der Waals surface area contributed by atoms with Crippen LogP contribution in [0.15, 0.2) is 102 Å². The molecule has 4 atom stereocenters. The molecule has 44 heavy (non-hydrogen) atoms. The van der Waals surface area contributed by atoms with E-state index in [0.29, 0.717) is 16.9 Å². The second-order valence-corrected chi connectivity index (χ2v) is 12.0. The van der Waals surface area contributed by atoms with Crippen LogP contribution >= 0.6 is 11.8 Å². The number of amides is 2. The molecule has 9 heteroatoms. The minimum atomic E-state index is -0.962. The molecular formula is C35H31NO7S. The van der Waals surface area contributed by atoms with Crippen molar-refractivity contribution in [2.75, 3.05) is 5.75 Å². The molecule has 4 aromatic carbocycles. The number of benzene rings is 4. The van der Waals surface area contributed by atoms with Gasteiger partial charge in [0.15, 0.2) is 6.29 Å². The Balaban J connectivity index is 1.20. The summed E-state index contributed by atoms with van der Waals surface area (Å²) in [5.41, 5.74) is 4.49. The van der Waals surface area contributed by atoms with E-state index in [1.165, 1.54) is 4.90 Å². The summed E-state index contributed by atoms with van der Waals surface area (Å²) in [6.07, 6.45) is -1.14. The van der Waals surface area contributed by atoms with Crippen molar-refractivity contribution in [3.8, 4) is 0 Å². The predicted molar refractivity (Wildman–Crippen MR) is 164 cm³/mol. The minimum Gasteiger partial charge on any atom is -0.478 e. The number of hydrogen-bond donors (Lipinski definition) is 2. The number of ether oxygens (including phenoxy) is 2. The average Bonchev–Trinajstić information content (AvgIpc) is 3.29. The van der Waals surface area contributed by atoms with E-state index in [0.717, 1.165) is 27.1 Å². The number of carbonyl (C=O) groups excluding carboxylic acids is 2. The van der Waals surface area contributed by atoms with Crippen molar-refractivity contribution in [2.45, 2.75) is 43.5 Å². The number of aromatic carboxylic acids is 1. The van der Waals surface area contributed by atoms with E-state index in [1.807, 2.05) is 48.5 Å². The molecule has 8 nitrogen and oxygen atoms in total. The predicted octanol–water partition coefficient (Wildman–Crippen LogP) is 6.26. The fourth-order valence-corrected chi connectivity index (χ4v) is 6.59. The number of aliphatic hydroxyl groups excluding tert-OH is 1. The maximum atomic E-state index is 12.8. The Kier molecular flexibility index (Phi) is 8.63. The molecule has 2 aliphatic heterocycles. The summed E-state index contributed by atoms with van der Waals surface area (Å²) in [7, 11) is 0. The standard InChI is InChI=1S/C35H31NO7S/c1-21-30(20-44-27-16-14-25(15-17-27)34(40)41)42-35(43-31(21)24-10-8-23(19-37)9-11-24)26-12-6-22(7-13-26)18-36-32(38)28-4-2-3-5-29(28)33(36)39/h2-17,21,30-31,35,37H,18-20H2,1H3,(H,40,41)/t21-,30+,31+,35+/m1/s1. The number of aliphatic hydroxyl groups is 1. The monoisotopic (exact) mass is 609 g/mol. The van der Waals surface area contributed by atoms with E-state index in [1.54, 1.807) is 60.3 Å². The number of fused-ring (bicyclic) bond motifs is 1. The maximum Gasteiger partial charge on any atom is 0.335 e. The van der Waals surface area contributed by atoms with Crippen LogP contribution < -0.4 is 0 Å². The molecule has 2 heterocycles. The molecule has 0 aliphatic carbocycles. The number of imide groups is 1. The molecule has 0 radical (unpaired) electrons. The second-order valence-electron chi connectivity index (χ2n) is 10.9. The third-order valence-corrected chi connectivity index (χ3v) is 9.21. The third kappa shape index (κ3) is 6.05. The lowest BCUT2D eigenvalue weighted by atomic mass is 9.91. The van der Waals surface area contributed by atoms with Gasteiger partial charge in [-0.05, 0) is 53.1 Å². The van der Waals surface area contributed by atoms with Gasteiger partial charge in [-0.25, -0.2) is 4.79 Å². The van der Waals surface area contributed by atoms with Gasteiger partial charge in [0.25, 0.3) is 11.8 Å². The largest absolute Gasteiger partial charge is 0.478 e. The van der Waals surface area contributed by atoms with Gasteiger partial charge in [-0.2, -0.15) is 0 Å². The first-order valence-corrected chi connectivity index (χ1v) is 15.3. The Morgan fingerprint density at radius 1 is 0.795 bits per heavy atom. The van der Waals surface area contributed by atoms with Crippen LogP contribution in [0.3, 0.4) is 0 Å². The molecule has 2 N–H and O–H groups in total. The number of carboxylic acids is 1. The van der Waals surface area contributed by atoms with Crippen LogP contribution in [-0.2, 0) is 22.6 Å². The first kappa shape index (κ1) is 29.8. The minimum absolute atomic E-state index is 0.00915. The molecule has 2 amide bonds.